The molecule has 1 atom stereocenters. The van der Waals surface area contributed by atoms with Crippen LogP contribution in [0.15, 0.2) is 18.2 Å². The van der Waals surface area contributed by atoms with Gasteiger partial charge in [0.2, 0.25) is 0 Å². The lowest BCUT2D eigenvalue weighted by molar-refractivity contribution is 0.259. The predicted molar refractivity (Wildman–Crippen MR) is 51.0 cm³/mol. The molecule has 0 aliphatic carbocycles. The van der Waals surface area contributed by atoms with Gasteiger partial charge in [-0.1, -0.05) is 6.07 Å². The molecule has 1 aliphatic rings. The molecule has 13 heavy (non-hydrogen) atoms. The second-order valence-corrected chi connectivity index (χ2v) is 3.37. The maximum Gasteiger partial charge on any atom is 0.117 e. The quantitative estimate of drug-likeness (QED) is 0.608. The molecule has 0 saturated carbocycles. The van der Waals surface area contributed by atoms with Gasteiger partial charge in [0.05, 0.1) is 6.61 Å². The molecule has 0 saturated heterocycles. The Morgan fingerprint density at radius 3 is 3.08 bits per heavy atom. The molecule has 1 heterocycles. The number of aromatic hydroxyl groups is 1. The molecule has 0 fully saturated rings. The van der Waals surface area contributed by atoms with Crippen molar-refractivity contribution in [1.29, 1.82) is 0 Å². The zero-order valence-corrected chi connectivity index (χ0v) is 7.33. The molecular weight excluding hydrogens is 166 g/mol. The predicted octanol–water partition coefficient (Wildman–Crippen LogP) is 1.28. The van der Waals surface area contributed by atoms with Crippen molar-refractivity contribution in [3.8, 4) is 5.75 Å². The number of nitrogens with one attached hydrogen (secondary N) is 1. The van der Waals surface area contributed by atoms with Crippen LogP contribution in [0.3, 0.4) is 0 Å². The van der Waals surface area contributed by atoms with Crippen LogP contribution in [0.4, 0.5) is 5.69 Å². The smallest absolute Gasteiger partial charge is 0.117 e. The molecule has 0 bridgehead atoms. The average Bonchev–Trinajstić information content (AvgIpc) is 2.16. The third-order valence-electron chi connectivity index (χ3n) is 2.51. The second kappa shape index (κ2) is 3.26. The van der Waals surface area contributed by atoms with Gasteiger partial charge in [0.1, 0.15) is 5.75 Å². The third-order valence-corrected chi connectivity index (χ3v) is 2.51. The van der Waals surface area contributed by atoms with E-state index in [1.807, 2.05) is 6.07 Å². The minimum Gasteiger partial charge on any atom is -0.508 e. The summed E-state index contributed by atoms with van der Waals surface area (Å²) in [6.07, 6.45) is 0.953. The minimum absolute atomic E-state index is 0.180. The van der Waals surface area contributed by atoms with E-state index < -0.39 is 0 Å². The first-order valence-corrected chi connectivity index (χ1v) is 4.49. The first-order chi connectivity index (χ1) is 6.31. The van der Waals surface area contributed by atoms with Gasteiger partial charge in [0.25, 0.3) is 0 Å². The number of phenols is 1. The number of hydrogen-bond donors (Lipinski definition) is 3. The van der Waals surface area contributed by atoms with E-state index in [9.17, 15) is 5.11 Å². The number of aliphatic hydroxyl groups excluding tert-OH is 1. The SMILES string of the molecule is OCC1CCNc2cc(O)ccc21. The van der Waals surface area contributed by atoms with Gasteiger partial charge < -0.3 is 15.5 Å². The minimum atomic E-state index is 0.180. The first-order valence-electron chi connectivity index (χ1n) is 4.49. The Hall–Kier alpha value is -1.22. The normalized spacial score (nSPS) is 20.5. The summed E-state index contributed by atoms with van der Waals surface area (Å²) >= 11 is 0. The average molecular weight is 179 g/mol. The van der Waals surface area contributed by atoms with Crippen molar-refractivity contribution in [1.82, 2.24) is 0 Å². The number of fused-ring (bicyclic) bond motifs is 1. The van der Waals surface area contributed by atoms with Gasteiger partial charge in [0, 0.05) is 24.2 Å². The summed E-state index contributed by atoms with van der Waals surface area (Å²) in [5, 5.41) is 21.6. The van der Waals surface area contributed by atoms with Gasteiger partial charge in [-0.25, -0.2) is 0 Å². The third kappa shape index (κ3) is 1.47. The van der Waals surface area contributed by atoms with E-state index in [0.717, 1.165) is 24.2 Å². The summed E-state index contributed by atoms with van der Waals surface area (Å²) in [6, 6.07) is 5.24. The Balaban J connectivity index is 2.40. The van der Waals surface area contributed by atoms with Crippen LogP contribution in [0.5, 0.6) is 5.75 Å². The number of aliphatic hydroxyl groups is 1. The lowest BCUT2D eigenvalue weighted by atomic mass is 9.92. The Morgan fingerprint density at radius 1 is 1.46 bits per heavy atom. The molecule has 2 rings (SSSR count). The van der Waals surface area contributed by atoms with E-state index in [-0.39, 0.29) is 18.3 Å². The van der Waals surface area contributed by atoms with Gasteiger partial charge >= 0.3 is 0 Å². The highest BCUT2D eigenvalue weighted by molar-refractivity contribution is 5.58. The van der Waals surface area contributed by atoms with Gasteiger partial charge in [-0.3, -0.25) is 0 Å². The molecule has 1 aliphatic heterocycles. The molecule has 1 aromatic carbocycles. The van der Waals surface area contributed by atoms with Crippen molar-refractivity contribution >= 4 is 5.69 Å². The van der Waals surface area contributed by atoms with Crippen LogP contribution in [0.1, 0.15) is 17.9 Å². The number of benzene rings is 1. The molecule has 0 radical (unpaired) electrons. The highest BCUT2D eigenvalue weighted by atomic mass is 16.3. The maximum atomic E-state index is 9.24. The van der Waals surface area contributed by atoms with Crippen molar-refractivity contribution in [2.75, 3.05) is 18.5 Å². The Morgan fingerprint density at radius 2 is 2.31 bits per heavy atom. The molecule has 3 heteroatoms. The topological polar surface area (TPSA) is 52.5 Å². The summed E-state index contributed by atoms with van der Waals surface area (Å²) in [4.78, 5) is 0. The van der Waals surface area contributed by atoms with E-state index >= 15 is 0 Å². The maximum absolute atomic E-state index is 9.24. The van der Waals surface area contributed by atoms with E-state index in [1.165, 1.54) is 0 Å². The summed E-state index contributed by atoms with van der Waals surface area (Å²) in [5.74, 6) is 0.488. The number of rotatable bonds is 1. The van der Waals surface area contributed by atoms with Gasteiger partial charge in [-0.15, -0.1) is 0 Å². The number of hydrogen-bond acceptors (Lipinski definition) is 3. The molecule has 0 spiro atoms. The second-order valence-electron chi connectivity index (χ2n) is 3.37. The van der Waals surface area contributed by atoms with E-state index in [1.54, 1.807) is 12.1 Å². The van der Waals surface area contributed by atoms with Gasteiger partial charge in [-0.2, -0.15) is 0 Å². The molecule has 1 aromatic rings. The first kappa shape index (κ1) is 8.38. The van der Waals surface area contributed by atoms with Crippen molar-refractivity contribution in [3.63, 3.8) is 0 Å². The van der Waals surface area contributed by atoms with Crippen molar-refractivity contribution < 1.29 is 10.2 Å². The van der Waals surface area contributed by atoms with Crippen molar-refractivity contribution in [2.45, 2.75) is 12.3 Å². The Kier molecular flexibility index (Phi) is 2.10. The molecule has 3 N–H and O–H groups in total. The number of anilines is 1. The fourth-order valence-electron chi connectivity index (χ4n) is 1.78. The van der Waals surface area contributed by atoms with Crippen LogP contribution in [-0.2, 0) is 0 Å². The van der Waals surface area contributed by atoms with Crippen LogP contribution < -0.4 is 5.32 Å². The lowest BCUT2D eigenvalue weighted by Crippen LogP contribution is -2.18. The van der Waals surface area contributed by atoms with Crippen LogP contribution in [0.25, 0.3) is 0 Å². The summed E-state index contributed by atoms with van der Waals surface area (Å²) in [7, 11) is 0. The fraction of sp³-hybridized carbons (Fsp3) is 0.400. The highest BCUT2D eigenvalue weighted by Gasteiger charge is 2.18. The molecule has 0 aromatic heterocycles. The molecule has 1 unspecified atom stereocenters. The summed E-state index contributed by atoms with van der Waals surface area (Å²) in [6.45, 7) is 1.04. The fourth-order valence-corrected chi connectivity index (χ4v) is 1.78. The van der Waals surface area contributed by atoms with Crippen LogP contribution in [0.2, 0.25) is 0 Å². The largest absolute Gasteiger partial charge is 0.508 e. The standard InChI is InChI=1S/C10H13NO2/c12-6-7-3-4-11-10-5-8(13)1-2-9(7)10/h1-2,5,7,11-13H,3-4,6H2. The number of phenolic OH excluding ortho intramolecular Hbond substituents is 1. The molecule has 70 valence electrons. The van der Waals surface area contributed by atoms with Gasteiger partial charge in [-0.05, 0) is 18.1 Å². The Labute approximate surface area is 77.0 Å². The van der Waals surface area contributed by atoms with Crippen LogP contribution >= 0.6 is 0 Å². The monoisotopic (exact) mass is 179 g/mol. The zero-order chi connectivity index (χ0) is 9.26. The van der Waals surface area contributed by atoms with Crippen LogP contribution in [-0.4, -0.2) is 23.4 Å². The summed E-state index contributed by atoms with van der Waals surface area (Å²) in [5.41, 5.74) is 2.05. The van der Waals surface area contributed by atoms with E-state index in [4.69, 9.17) is 5.11 Å². The van der Waals surface area contributed by atoms with E-state index in [2.05, 4.69) is 5.32 Å². The van der Waals surface area contributed by atoms with Crippen molar-refractivity contribution in [3.05, 3.63) is 23.8 Å². The Bertz CT molecular complexity index is 312. The molecule has 0 amide bonds. The highest BCUT2D eigenvalue weighted by Crippen LogP contribution is 2.33. The van der Waals surface area contributed by atoms with Gasteiger partial charge in [0.15, 0.2) is 0 Å². The molecule has 3 nitrogen and oxygen atoms in total. The summed E-state index contributed by atoms with van der Waals surface area (Å²) < 4.78 is 0. The zero-order valence-electron chi connectivity index (χ0n) is 7.33. The molecular formula is C10H13NO2. The lowest BCUT2D eigenvalue weighted by Gasteiger charge is -2.25. The van der Waals surface area contributed by atoms with Crippen molar-refractivity contribution in [2.24, 2.45) is 0 Å². The van der Waals surface area contributed by atoms with E-state index in [0.29, 0.717) is 0 Å². The van der Waals surface area contributed by atoms with Crippen LogP contribution in [0, 0.1) is 0 Å².